The fraction of sp³-hybridized carbons (Fsp3) is 0.200. The number of pyridine rings is 2. The summed E-state index contributed by atoms with van der Waals surface area (Å²) in [4.78, 5) is 8.96. The van der Waals surface area contributed by atoms with Gasteiger partial charge >= 0.3 is 0 Å². The van der Waals surface area contributed by atoms with Crippen LogP contribution in [0.15, 0.2) is 54.7 Å². The van der Waals surface area contributed by atoms with Gasteiger partial charge in [0.15, 0.2) is 0 Å². The molecule has 0 saturated carbocycles. The van der Waals surface area contributed by atoms with Gasteiger partial charge in [-0.05, 0) is 55.3 Å². The van der Waals surface area contributed by atoms with Gasteiger partial charge in [0, 0.05) is 24.0 Å². The molecule has 1 aromatic carbocycles. The number of nitrogens with zero attached hydrogens (tertiary/aromatic N) is 2. The van der Waals surface area contributed by atoms with Crippen LogP contribution in [0.4, 0.5) is 10.2 Å². The lowest BCUT2D eigenvalue weighted by molar-refractivity contribution is 0.626. The van der Waals surface area contributed by atoms with Crippen molar-refractivity contribution in [2.24, 2.45) is 5.73 Å². The van der Waals surface area contributed by atoms with Crippen LogP contribution in [0.5, 0.6) is 0 Å². The van der Waals surface area contributed by atoms with Crippen LogP contribution in [0, 0.1) is 5.82 Å². The SMILES string of the molecule is NCCCc1cc(-c2cccc(NCc3cccc(F)c3)n2)c(Cl)cn1. The molecule has 134 valence electrons. The monoisotopic (exact) mass is 370 g/mol. The van der Waals surface area contributed by atoms with E-state index in [0.717, 1.165) is 35.4 Å². The summed E-state index contributed by atoms with van der Waals surface area (Å²) in [5.74, 6) is 0.447. The lowest BCUT2D eigenvalue weighted by Gasteiger charge is -2.10. The van der Waals surface area contributed by atoms with E-state index in [1.54, 1.807) is 12.3 Å². The third-order valence-corrected chi connectivity index (χ3v) is 4.24. The van der Waals surface area contributed by atoms with E-state index < -0.39 is 0 Å². The van der Waals surface area contributed by atoms with Gasteiger partial charge < -0.3 is 11.1 Å². The predicted molar refractivity (Wildman–Crippen MR) is 104 cm³/mol. The maximum absolute atomic E-state index is 13.3. The second-order valence-corrected chi connectivity index (χ2v) is 6.35. The van der Waals surface area contributed by atoms with Crippen LogP contribution < -0.4 is 11.1 Å². The number of halogens is 2. The third kappa shape index (κ3) is 4.77. The molecule has 3 rings (SSSR count). The first-order valence-electron chi connectivity index (χ1n) is 8.46. The van der Waals surface area contributed by atoms with Crippen molar-refractivity contribution in [2.45, 2.75) is 19.4 Å². The van der Waals surface area contributed by atoms with E-state index in [9.17, 15) is 4.39 Å². The van der Waals surface area contributed by atoms with Crippen LogP contribution in [-0.2, 0) is 13.0 Å². The third-order valence-electron chi connectivity index (χ3n) is 3.94. The zero-order chi connectivity index (χ0) is 18.4. The molecule has 0 aliphatic heterocycles. The second-order valence-electron chi connectivity index (χ2n) is 5.94. The number of rotatable bonds is 7. The van der Waals surface area contributed by atoms with E-state index in [0.29, 0.717) is 23.9 Å². The van der Waals surface area contributed by atoms with Gasteiger partial charge in [0.05, 0.1) is 10.7 Å². The van der Waals surface area contributed by atoms with Crippen molar-refractivity contribution in [3.05, 3.63) is 76.8 Å². The van der Waals surface area contributed by atoms with Crippen molar-refractivity contribution in [1.29, 1.82) is 0 Å². The number of nitrogens with two attached hydrogens (primary N) is 1. The minimum absolute atomic E-state index is 0.250. The molecule has 0 saturated heterocycles. The van der Waals surface area contributed by atoms with E-state index >= 15 is 0 Å². The average molecular weight is 371 g/mol. The van der Waals surface area contributed by atoms with E-state index in [-0.39, 0.29) is 5.82 Å². The molecule has 2 aromatic heterocycles. The summed E-state index contributed by atoms with van der Waals surface area (Å²) in [7, 11) is 0. The normalized spacial score (nSPS) is 10.7. The Labute approximate surface area is 157 Å². The van der Waals surface area contributed by atoms with Crippen LogP contribution in [0.25, 0.3) is 11.3 Å². The van der Waals surface area contributed by atoms with Gasteiger partial charge in [-0.2, -0.15) is 0 Å². The molecule has 4 nitrogen and oxygen atoms in total. The number of benzene rings is 1. The summed E-state index contributed by atoms with van der Waals surface area (Å²) in [5, 5.41) is 3.77. The molecule has 26 heavy (non-hydrogen) atoms. The Kier molecular flexibility index (Phi) is 6.15. The average Bonchev–Trinajstić information content (AvgIpc) is 2.66. The standard InChI is InChI=1S/C20H20ClFN4/c21-18-13-24-16(6-3-9-23)11-17(18)19-7-2-8-20(26-19)25-12-14-4-1-5-15(22)10-14/h1-2,4-5,7-8,10-11,13H,3,6,9,12,23H2,(H,25,26). The summed E-state index contributed by atoms with van der Waals surface area (Å²) in [6.45, 7) is 1.11. The van der Waals surface area contributed by atoms with Crippen LogP contribution in [0.2, 0.25) is 5.02 Å². The Hall–Kier alpha value is -2.50. The Morgan fingerprint density at radius 1 is 1.12 bits per heavy atom. The van der Waals surface area contributed by atoms with Crippen molar-refractivity contribution < 1.29 is 4.39 Å². The Balaban J connectivity index is 1.78. The molecule has 0 aliphatic rings. The molecule has 3 aromatic rings. The van der Waals surface area contributed by atoms with Crippen LogP contribution in [0.1, 0.15) is 17.7 Å². The lowest BCUT2D eigenvalue weighted by atomic mass is 10.1. The van der Waals surface area contributed by atoms with Crippen molar-refractivity contribution in [2.75, 3.05) is 11.9 Å². The zero-order valence-corrected chi connectivity index (χ0v) is 15.0. The molecular formula is C20H20ClFN4. The fourth-order valence-corrected chi connectivity index (χ4v) is 2.82. The minimum Gasteiger partial charge on any atom is -0.366 e. The van der Waals surface area contributed by atoms with Gasteiger partial charge in [-0.1, -0.05) is 29.8 Å². The predicted octanol–water partition coefficient (Wildman–Crippen LogP) is 4.44. The molecule has 0 unspecified atom stereocenters. The highest BCUT2D eigenvalue weighted by molar-refractivity contribution is 6.33. The number of anilines is 1. The van der Waals surface area contributed by atoms with Crippen LogP contribution in [0.3, 0.4) is 0 Å². The van der Waals surface area contributed by atoms with E-state index in [4.69, 9.17) is 17.3 Å². The summed E-state index contributed by atoms with van der Waals surface area (Å²) in [6.07, 6.45) is 3.33. The van der Waals surface area contributed by atoms with E-state index in [1.165, 1.54) is 12.1 Å². The number of aromatic nitrogens is 2. The molecule has 2 heterocycles. The topological polar surface area (TPSA) is 63.8 Å². The summed E-state index contributed by atoms with van der Waals surface area (Å²) >= 11 is 6.32. The molecule has 0 aliphatic carbocycles. The minimum atomic E-state index is -0.250. The van der Waals surface area contributed by atoms with E-state index in [2.05, 4.69) is 15.3 Å². The second kappa shape index (κ2) is 8.74. The van der Waals surface area contributed by atoms with Crippen LogP contribution in [-0.4, -0.2) is 16.5 Å². The molecule has 0 radical (unpaired) electrons. The molecule has 0 atom stereocenters. The lowest BCUT2D eigenvalue weighted by Crippen LogP contribution is -2.03. The summed E-state index contributed by atoms with van der Waals surface area (Å²) in [5.41, 5.74) is 8.95. The number of hydrogen-bond acceptors (Lipinski definition) is 4. The van der Waals surface area contributed by atoms with Crippen molar-refractivity contribution in [1.82, 2.24) is 9.97 Å². The number of hydrogen-bond donors (Lipinski definition) is 2. The zero-order valence-electron chi connectivity index (χ0n) is 14.3. The Morgan fingerprint density at radius 3 is 2.77 bits per heavy atom. The highest BCUT2D eigenvalue weighted by Gasteiger charge is 2.08. The molecule has 0 spiro atoms. The fourth-order valence-electron chi connectivity index (χ4n) is 2.62. The van der Waals surface area contributed by atoms with Crippen molar-refractivity contribution >= 4 is 17.4 Å². The summed E-state index contributed by atoms with van der Waals surface area (Å²) < 4.78 is 13.3. The first-order valence-corrected chi connectivity index (χ1v) is 8.84. The Morgan fingerprint density at radius 2 is 1.96 bits per heavy atom. The quantitative estimate of drug-likeness (QED) is 0.645. The first-order chi connectivity index (χ1) is 12.7. The smallest absolute Gasteiger partial charge is 0.126 e. The van der Waals surface area contributed by atoms with Gasteiger partial charge in [-0.25, -0.2) is 9.37 Å². The van der Waals surface area contributed by atoms with Crippen molar-refractivity contribution in [3.8, 4) is 11.3 Å². The van der Waals surface area contributed by atoms with Gasteiger partial charge in [-0.3, -0.25) is 4.98 Å². The molecule has 6 heteroatoms. The van der Waals surface area contributed by atoms with E-state index in [1.807, 2.05) is 30.3 Å². The number of aryl methyl sites for hydroxylation is 1. The highest BCUT2D eigenvalue weighted by atomic mass is 35.5. The largest absolute Gasteiger partial charge is 0.366 e. The van der Waals surface area contributed by atoms with Gasteiger partial charge in [0.2, 0.25) is 0 Å². The molecule has 0 bridgehead atoms. The summed E-state index contributed by atoms with van der Waals surface area (Å²) in [6, 6.07) is 14.1. The van der Waals surface area contributed by atoms with Gasteiger partial charge in [0.1, 0.15) is 11.6 Å². The van der Waals surface area contributed by atoms with Gasteiger partial charge in [-0.15, -0.1) is 0 Å². The first kappa shape index (κ1) is 18.3. The Bertz CT molecular complexity index is 885. The molecule has 3 N–H and O–H groups in total. The van der Waals surface area contributed by atoms with Gasteiger partial charge in [0.25, 0.3) is 0 Å². The molecule has 0 fully saturated rings. The van der Waals surface area contributed by atoms with Crippen molar-refractivity contribution in [3.63, 3.8) is 0 Å². The number of nitrogens with one attached hydrogen (secondary N) is 1. The molecular weight excluding hydrogens is 351 g/mol. The highest BCUT2D eigenvalue weighted by Crippen LogP contribution is 2.27. The molecule has 0 amide bonds. The maximum atomic E-state index is 13.3. The maximum Gasteiger partial charge on any atom is 0.126 e. The van der Waals surface area contributed by atoms with Crippen LogP contribution >= 0.6 is 11.6 Å².